The second kappa shape index (κ2) is 7.39. The number of carbonyl (C=O) groups is 3. The molecule has 3 aliphatic carbocycles. The first-order valence-electron chi connectivity index (χ1n) is 12.6. The molecule has 7 N–H and O–H groups in total. The van der Waals surface area contributed by atoms with Crippen molar-refractivity contribution >= 4 is 23.0 Å². The van der Waals surface area contributed by atoms with Crippen molar-refractivity contribution in [1.82, 2.24) is 0 Å². The molecule has 0 amide bonds. The fourth-order valence-electron chi connectivity index (χ4n) is 7.49. The van der Waals surface area contributed by atoms with Gasteiger partial charge in [-0.2, -0.15) is 0 Å². The number of anilines is 1. The summed E-state index contributed by atoms with van der Waals surface area (Å²) in [4.78, 5) is 40.9. The molecule has 0 spiro atoms. The normalized spacial score (nSPS) is 31.1. The van der Waals surface area contributed by atoms with Gasteiger partial charge in [0, 0.05) is 18.2 Å². The van der Waals surface area contributed by atoms with Gasteiger partial charge in [0.1, 0.15) is 40.3 Å². The second-order valence-corrected chi connectivity index (χ2v) is 10.8. The number of phenols is 4. The van der Waals surface area contributed by atoms with Crippen molar-refractivity contribution in [3.63, 3.8) is 0 Å². The van der Waals surface area contributed by atoms with Gasteiger partial charge in [-0.05, 0) is 29.8 Å². The Morgan fingerprint density at radius 1 is 0.825 bits per heavy atom. The molecular formula is C29H23NO10. The number of hydrogen-bond donors (Lipinski definition) is 7. The number of aliphatic hydroxyl groups is 2. The van der Waals surface area contributed by atoms with Crippen molar-refractivity contribution in [2.75, 3.05) is 12.4 Å². The number of nitrogens with one attached hydrogen (secondary N) is 1. The Morgan fingerprint density at radius 2 is 1.43 bits per heavy atom. The Bertz CT molecular complexity index is 1750. The van der Waals surface area contributed by atoms with Crippen LogP contribution in [0.5, 0.6) is 23.0 Å². The number of ether oxygens (including phenoxy) is 1. The highest BCUT2D eigenvalue weighted by atomic mass is 16.5. The molecule has 0 radical (unpaired) electrons. The van der Waals surface area contributed by atoms with Crippen LogP contribution in [-0.4, -0.2) is 66.8 Å². The van der Waals surface area contributed by atoms with Gasteiger partial charge in [0.05, 0.1) is 45.8 Å². The highest BCUT2D eigenvalue weighted by Crippen LogP contribution is 2.68. The minimum atomic E-state index is -2.42. The van der Waals surface area contributed by atoms with Crippen molar-refractivity contribution in [3.05, 3.63) is 75.3 Å². The van der Waals surface area contributed by atoms with Crippen molar-refractivity contribution in [1.29, 1.82) is 0 Å². The topological polar surface area (TPSA) is 194 Å². The second-order valence-electron chi connectivity index (χ2n) is 10.8. The van der Waals surface area contributed by atoms with Gasteiger partial charge in [-0.15, -0.1) is 0 Å². The molecule has 1 fully saturated rings. The molecule has 4 aliphatic rings. The summed E-state index contributed by atoms with van der Waals surface area (Å²) in [5.74, 6) is -7.11. The third-order valence-electron chi connectivity index (χ3n) is 9.24. The average molecular weight is 546 g/mol. The number of ketones is 3. The van der Waals surface area contributed by atoms with Gasteiger partial charge in [0.15, 0.2) is 5.78 Å². The minimum Gasteiger partial charge on any atom is -0.508 e. The number of phenolic OH excluding ortho intramolecular Hbond substituents is 4. The Morgan fingerprint density at radius 3 is 2.05 bits per heavy atom. The van der Waals surface area contributed by atoms with Gasteiger partial charge in [-0.1, -0.05) is 19.1 Å². The van der Waals surface area contributed by atoms with E-state index >= 15 is 0 Å². The first kappa shape index (κ1) is 24.6. The van der Waals surface area contributed by atoms with E-state index in [1.165, 1.54) is 26.2 Å². The van der Waals surface area contributed by atoms with Crippen LogP contribution >= 0.6 is 0 Å². The molecule has 6 atom stereocenters. The van der Waals surface area contributed by atoms with E-state index in [4.69, 9.17) is 4.74 Å². The summed E-state index contributed by atoms with van der Waals surface area (Å²) in [7, 11) is 1.26. The van der Waals surface area contributed by atoms with Crippen LogP contribution in [0.2, 0.25) is 0 Å². The van der Waals surface area contributed by atoms with Gasteiger partial charge >= 0.3 is 0 Å². The van der Waals surface area contributed by atoms with Crippen molar-refractivity contribution in [2.24, 2.45) is 5.92 Å². The molecule has 3 aromatic rings. The number of Topliss-reactive ketones (excluding diaryl/α,β-unsaturated/α-hetero) is 1. The summed E-state index contributed by atoms with van der Waals surface area (Å²) >= 11 is 0. The van der Waals surface area contributed by atoms with Crippen LogP contribution in [0.1, 0.15) is 67.4 Å². The number of carbonyl (C=O) groups excluding carboxylic acids is 3. The maximum absolute atomic E-state index is 13.9. The SMILES string of the molecule is CO[C@H]1C(=O)[C@H](C)[C@]2(O)[C@H]3Nc4c(cc(O)c5c4C(=O)c4c(O)ccc(O)c4C5=O)[C@]2(O)[C@@H]1c1c(O)cccc13. The van der Waals surface area contributed by atoms with Crippen LogP contribution in [0.15, 0.2) is 36.4 Å². The van der Waals surface area contributed by atoms with Crippen LogP contribution < -0.4 is 5.32 Å². The maximum Gasteiger partial charge on any atom is 0.202 e. The monoisotopic (exact) mass is 545 g/mol. The van der Waals surface area contributed by atoms with E-state index in [1.807, 2.05) is 0 Å². The predicted molar refractivity (Wildman–Crippen MR) is 136 cm³/mol. The number of benzene rings is 3. The minimum absolute atomic E-state index is 0.105. The lowest BCUT2D eigenvalue weighted by molar-refractivity contribution is -0.248. The van der Waals surface area contributed by atoms with Crippen molar-refractivity contribution in [3.8, 4) is 23.0 Å². The first-order valence-corrected chi connectivity index (χ1v) is 12.6. The van der Waals surface area contributed by atoms with E-state index in [1.54, 1.807) is 6.07 Å². The lowest BCUT2D eigenvalue weighted by Crippen LogP contribution is -2.75. The molecule has 0 unspecified atom stereocenters. The zero-order valence-electron chi connectivity index (χ0n) is 21.1. The van der Waals surface area contributed by atoms with E-state index < -0.39 is 86.5 Å². The molecule has 1 saturated carbocycles. The Labute approximate surface area is 225 Å². The summed E-state index contributed by atoms with van der Waals surface area (Å²) in [5.41, 5.74) is -6.30. The van der Waals surface area contributed by atoms with Gasteiger partial charge in [-0.3, -0.25) is 14.4 Å². The molecule has 3 aromatic carbocycles. The Balaban J connectivity index is 1.61. The van der Waals surface area contributed by atoms with Gasteiger partial charge in [0.25, 0.3) is 0 Å². The molecular weight excluding hydrogens is 522 g/mol. The molecule has 11 heteroatoms. The lowest BCUT2D eigenvalue weighted by Gasteiger charge is -2.64. The number of hydrogen-bond acceptors (Lipinski definition) is 11. The number of methoxy groups -OCH3 is 1. The molecule has 11 nitrogen and oxygen atoms in total. The van der Waals surface area contributed by atoms with Crippen LogP contribution in [0.4, 0.5) is 5.69 Å². The van der Waals surface area contributed by atoms with E-state index in [-0.39, 0.29) is 28.1 Å². The highest BCUT2D eigenvalue weighted by molar-refractivity contribution is 6.33. The molecule has 4 bridgehead atoms. The van der Waals surface area contributed by atoms with E-state index in [0.717, 1.165) is 18.2 Å². The molecule has 40 heavy (non-hydrogen) atoms. The van der Waals surface area contributed by atoms with Gasteiger partial charge < -0.3 is 40.7 Å². The maximum atomic E-state index is 13.9. The molecule has 1 aliphatic heterocycles. The molecule has 1 heterocycles. The molecule has 7 rings (SSSR count). The van der Waals surface area contributed by atoms with Crippen molar-refractivity contribution < 1.29 is 49.8 Å². The third kappa shape index (κ3) is 2.41. The zero-order valence-corrected chi connectivity index (χ0v) is 21.1. The number of aromatic hydroxyl groups is 4. The quantitative estimate of drug-likeness (QED) is 0.172. The summed E-state index contributed by atoms with van der Waals surface area (Å²) in [5, 5.41) is 71.0. The van der Waals surface area contributed by atoms with Gasteiger partial charge in [-0.25, -0.2) is 0 Å². The Hall–Kier alpha value is -4.45. The number of rotatable bonds is 1. The highest BCUT2D eigenvalue weighted by Gasteiger charge is 2.75. The fraction of sp³-hybridized carbons (Fsp3) is 0.276. The molecule has 204 valence electrons. The summed E-state index contributed by atoms with van der Waals surface area (Å²) in [6, 6.07) is 6.37. The summed E-state index contributed by atoms with van der Waals surface area (Å²) in [6.07, 6.45) is -1.34. The smallest absolute Gasteiger partial charge is 0.202 e. The summed E-state index contributed by atoms with van der Waals surface area (Å²) < 4.78 is 5.55. The van der Waals surface area contributed by atoms with E-state index in [9.17, 15) is 45.0 Å². The van der Waals surface area contributed by atoms with Crippen LogP contribution in [0.25, 0.3) is 0 Å². The van der Waals surface area contributed by atoms with Crippen molar-refractivity contribution in [2.45, 2.75) is 36.2 Å². The summed E-state index contributed by atoms with van der Waals surface area (Å²) in [6.45, 7) is 1.44. The first-order chi connectivity index (χ1) is 18.9. The van der Waals surface area contributed by atoms with Gasteiger partial charge in [0.2, 0.25) is 11.6 Å². The van der Waals surface area contributed by atoms with E-state index in [0.29, 0.717) is 5.56 Å². The van der Waals surface area contributed by atoms with Crippen LogP contribution in [-0.2, 0) is 15.1 Å². The Kier molecular flexibility index (Phi) is 4.54. The standard InChI is InChI=1S/C29H23NO10/c1-9-23(35)26(40-2)21-16-10(4-3-5-12(16)31)27-28(9,38)29(21,39)11-8-15(34)19-20(22(11)30-27)25(37)18-14(33)7-6-13(32)17(18)24(19)36/h3-9,21,26-27,30-34,38-39H,1-2H3/t9-,21+,26+,27-,28-,29-/m0/s1. The van der Waals surface area contributed by atoms with Crippen LogP contribution in [0.3, 0.4) is 0 Å². The number of fused-ring (bicyclic) bond motifs is 7. The van der Waals surface area contributed by atoms with E-state index in [2.05, 4.69) is 5.32 Å². The van der Waals surface area contributed by atoms with Crippen LogP contribution in [0, 0.1) is 5.92 Å². The largest absolute Gasteiger partial charge is 0.508 e. The zero-order chi connectivity index (χ0) is 28.6. The molecule has 0 saturated heterocycles. The predicted octanol–water partition coefficient (Wildman–Crippen LogP) is 1.70. The fourth-order valence-corrected chi connectivity index (χ4v) is 7.49. The average Bonchev–Trinajstić information content (AvgIpc) is 2.91. The lowest BCUT2D eigenvalue weighted by atomic mass is 9.47. The molecule has 0 aromatic heterocycles. The third-order valence-corrected chi connectivity index (χ3v) is 9.24.